The summed E-state index contributed by atoms with van der Waals surface area (Å²) in [6.45, 7) is 0.968. The van der Waals surface area contributed by atoms with Crippen LogP contribution in [0.2, 0.25) is 0 Å². The van der Waals surface area contributed by atoms with Crippen molar-refractivity contribution >= 4 is 11.5 Å². The van der Waals surface area contributed by atoms with Gasteiger partial charge in [-0.15, -0.1) is 0 Å². The number of benzene rings is 1. The molecule has 0 aliphatic heterocycles. The zero-order valence-electron chi connectivity index (χ0n) is 9.97. The van der Waals surface area contributed by atoms with Crippen molar-refractivity contribution < 1.29 is 4.79 Å². The second-order valence-electron chi connectivity index (χ2n) is 4.00. The van der Waals surface area contributed by atoms with Crippen molar-refractivity contribution in [1.29, 1.82) is 0 Å². The number of Topliss-reactive ketones (excluding diaryl/α,β-unsaturated/α-hetero) is 1. The molecule has 2 aromatic rings. The highest BCUT2D eigenvalue weighted by Gasteiger charge is 2.04. The van der Waals surface area contributed by atoms with Crippen molar-refractivity contribution in [2.75, 3.05) is 12.3 Å². The van der Waals surface area contributed by atoms with Crippen LogP contribution in [0.4, 0.5) is 5.69 Å². The Morgan fingerprint density at radius 2 is 1.78 bits per heavy atom. The highest BCUT2D eigenvalue weighted by atomic mass is 16.1. The fourth-order valence-corrected chi connectivity index (χ4v) is 1.59. The number of carbonyl (C=O) groups is 1. The number of hydrogen-bond donors (Lipinski definition) is 2. The molecular weight excluding hydrogens is 226 g/mol. The summed E-state index contributed by atoms with van der Waals surface area (Å²) in [5.41, 5.74) is 8.01. The zero-order chi connectivity index (χ0) is 12.8. The average Bonchev–Trinajstić information content (AvgIpc) is 2.40. The number of pyridine rings is 1. The van der Waals surface area contributed by atoms with E-state index in [-0.39, 0.29) is 5.78 Å². The maximum Gasteiger partial charge on any atom is 0.176 e. The fourth-order valence-electron chi connectivity index (χ4n) is 1.59. The summed E-state index contributed by atoms with van der Waals surface area (Å²) in [6.07, 6.45) is 3.47. The number of hydrogen-bond acceptors (Lipinski definition) is 4. The Morgan fingerprint density at radius 1 is 1.11 bits per heavy atom. The Kier molecular flexibility index (Phi) is 4.04. The maximum atomic E-state index is 11.8. The lowest BCUT2D eigenvalue weighted by Gasteiger charge is -2.04. The van der Waals surface area contributed by atoms with Crippen LogP contribution in [0.5, 0.6) is 0 Å². The smallest absolute Gasteiger partial charge is 0.176 e. The van der Waals surface area contributed by atoms with Gasteiger partial charge in [0.05, 0.1) is 6.54 Å². The maximum absolute atomic E-state index is 11.8. The third-order valence-corrected chi connectivity index (χ3v) is 2.60. The summed E-state index contributed by atoms with van der Waals surface area (Å²) in [6, 6.07) is 10.8. The first kappa shape index (κ1) is 12.3. The van der Waals surface area contributed by atoms with E-state index in [9.17, 15) is 4.79 Å². The van der Waals surface area contributed by atoms with Crippen molar-refractivity contribution in [3.8, 4) is 0 Å². The molecule has 0 unspecified atom stereocenters. The van der Waals surface area contributed by atoms with E-state index in [1.165, 1.54) is 0 Å². The van der Waals surface area contributed by atoms with Gasteiger partial charge in [0, 0.05) is 30.2 Å². The molecule has 1 aromatic carbocycles. The predicted molar refractivity (Wildman–Crippen MR) is 71.1 cm³/mol. The van der Waals surface area contributed by atoms with Crippen LogP contribution >= 0.6 is 0 Å². The van der Waals surface area contributed by atoms with Gasteiger partial charge in [-0.2, -0.15) is 0 Å². The second-order valence-corrected chi connectivity index (χ2v) is 4.00. The van der Waals surface area contributed by atoms with Crippen molar-refractivity contribution in [2.45, 2.75) is 6.54 Å². The molecule has 0 aliphatic carbocycles. The molecule has 0 amide bonds. The van der Waals surface area contributed by atoms with E-state index in [0.717, 1.165) is 5.56 Å². The van der Waals surface area contributed by atoms with Gasteiger partial charge in [0.1, 0.15) is 0 Å². The molecule has 0 atom stereocenters. The van der Waals surface area contributed by atoms with Crippen LogP contribution in [0.25, 0.3) is 0 Å². The molecule has 0 bridgehead atoms. The third kappa shape index (κ3) is 3.40. The highest BCUT2D eigenvalue weighted by Crippen LogP contribution is 2.05. The van der Waals surface area contributed by atoms with Crippen molar-refractivity contribution in [1.82, 2.24) is 10.3 Å². The van der Waals surface area contributed by atoms with Crippen LogP contribution in [0, 0.1) is 0 Å². The lowest BCUT2D eigenvalue weighted by molar-refractivity contribution is 0.0991. The van der Waals surface area contributed by atoms with Gasteiger partial charge in [0.2, 0.25) is 0 Å². The van der Waals surface area contributed by atoms with E-state index in [0.29, 0.717) is 24.3 Å². The molecule has 2 rings (SSSR count). The van der Waals surface area contributed by atoms with Crippen LogP contribution < -0.4 is 11.1 Å². The van der Waals surface area contributed by atoms with Crippen LogP contribution in [0.1, 0.15) is 15.9 Å². The molecule has 4 nitrogen and oxygen atoms in total. The number of aromatic nitrogens is 1. The second kappa shape index (κ2) is 5.93. The van der Waals surface area contributed by atoms with Crippen LogP contribution in [0.15, 0.2) is 48.8 Å². The Hall–Kier alpha value is -2.20. The number of anilines is 1. The topological polar surface area (TPSA) is 68.0 Å². The molecule has 1 aromatic heterocycles. The normalized spacial score (nSPS) is 10.2. The quantitative estimate of drug-likeness (QED) is 0.616. The number of ketones is 1. The first-order chi connectivity index (χ1) is 8.75. The summed E-state index contributed by atoms with van der Waals surface area (Å²) in [5, 5.41) is 3.11. The average molecular weight is 241 g/mol. The standard InChI is InChI=1S/C14H15N3O/c15-13-3-1-12(2-4-13)14(18)10-17-9-11-5-7-16-8-6-11/h1-8,17H,9-10,15H2. The van der Waals surface area contributed by atoms with Gasteiger partial charge in [-0.3, -0.25) is 9.78 Å². The summed E-state index contributed by atoms with van der Waals surface area (Å²) < 4.78 is 0. The lowest BCUT2D eigenvalue weighted by atomic mass is 10.1. The highest BCUT2D eigenvalue weighted by molar-refractivity contribution is 5.97. The molecule has 0 aliphatic rings. The van der Waals surface area contributed by atoms with E-state index in [1.54, 1.807) is 36.7 Å². The van der Waals surface area contributed by atoms with Gasteiger partial charge in [-0.05, 0) is 42.0 Å². The van der Waals surface area contributed by atoms with E-state index < -0.39 is 0 Å². The summed E-state index contributed by atoms with van der Waals surface area (Å²) in [4.78, 5) is 15.8. The Balaban J connectivity index is 1.84. The van der Waals surface area contributed by atoms with Gasteiger partial charge in [0.15, 0.2) is 5.78 Å². The van der Waals surface area contributed by atoms with Gasteiger partial charge >= 0.3 is 0 Å². The minimum atomic E-state index is 0.0593. The van der Waals surface area contributed by atoms with E-state index in [4.69, 9.17) is 5.73 Å². The fraction of sp³-hybridized carbons (Fsp3) is 0.143. The summed E-state index contributed by atoms with van der Waals surface area (Å²) >= 11 is 0. The largest absolute Gasteiger partial charge is 0.399 e. The molecule has 1 heterocycles. The van der Waals surface area contributed by atoms with Crippen LogP contribution in [0.3, 0.4) is 0 Å². The number of rotatable bonds is 5. The summed E-state index contributed by atoms with van der Waals surface area (Å²) in [7, 11) is 0. The van der Waals surface area contributed by atoms with Crippen molar-refractivity contribution in [3.63, 3.8) is 0 Å². The number of nitrogens with one attached hydrogen (secondary N) is 1. The Morgan fingerprint density at radius 3 is 2.44 bits per heavy atom. The SMILES string of the molecule is Nc1ccc(C(=O)CNCc2ccncc2)cc1. The minimum absolute atomic E-state index is 0.0593. The molecule has 3 N–H and O–H groups in total. The number of nitrogens with two attached hydrogens (primary N) is 1. The minimum Gasteiger partial charge on any atom is -0.399 e. The third-order valence-electron chi connectivity index (χ3n) is 2.60. The van der Waals surface area contributed by atoms with E-state index >= 15 is 0 Å². The van der Waals surface area contributed by atoms with Gasteiger partial charge in [-0.1, -0.05) is 0 Å². The van der Waals surface area contributed by atoms with E-state index in [2.05, 4.69) is 10.3 Å². The monoisotopic (exact) mass is 241 g/mol. The molecule has 18 heavy (non-hydrogen) atoms. The molecule has 0 radical (unpaired) electrons. The van der Waals surface area contributed by atoms with Gasteiger partial charge in [0.25, 0.3) is 0 Å². The Bertz CT molecular complexity index is 508. The van der Waals surface area contributed by atoms with Crippen LogP contribution in [-0.4, -0.2) is 17.3 Å². The van der Waals surface area contributed by atoms with Gasteiger partial charge < -0.3 is 11.1 Å². The molecule has 0 saturated carbocycles. The number of nitrogens with zero attached hydrogens (tertiary/aromatic N) is 1. The molecular formula is C14H15N3O. The van der Waals surface area contributed by atoms with E-state index in [1.807, 2.05) is 12.1 Å². The molecule has 92 valence electrons. The van der Waals surface area contributed by atoms with Crippen molar-refractivity contribution in [3.05, 3.63) is 59.9 Å². The Labute approximate surface area is 106 Å². The molecule has 0 spiro atoms. The van der Waals surface area contributed by atoms with Gasteiger partial charge in [-0.25, -0.2) is 0 Å². The first-order valence-corrected chi connectivity index (χ1v) is 5.74. The zero-order valence-corrected chi connectivity index (χ0v) is 9.97. The first-order valence-electron chi connectivity index (χ1n) is 5.74. The lowest BCUT2D eigenvalue weighted by Crippen LogP contribution is -2.22. The molecule has 0 saturated heterocycles. The molecule has 0 fully saturated rings. The number of carbonyl (C=O) groups excluding carboxylic acids is 1. The van der Waals surface area contributed by atoms with Crippen LogP contribution in [-0.2, 0) is 6.54 Å². The number of nitrogen functional groups attached to an aromatic ring is 1. The molecule has 4 heteroatoms. The van der Waals surface area contributed by atoms with Crippen molar-refractivity contribution in [2.24, 2.45) is 0 Å². The summed E-state index contributed by atoms with van der Waals surface area (Å²) in [5.74, 6) is 0.0593. The predicted octanol–water partition coefficient (Wildman–Crippen LogP) is 1.64.